The highest BCUT2D eigenvalue weighted by atomic mass is 16.6. The fraction of sp³-hybridized carbons (Fsp3) is 0.791. The van der Waals surface area contributed by atoms with Gasteiger partial charge in [0.2, 0.25) is 0 Å². The van der Waals surface area contributed by atoms with Crippen molar-refractivity contribution in [1.82, 2.24) is 0 Å². The SMILES string of the molecule is COC(=O)[C@]12CC(=O)[C@H](C(C)C)CC(=O)[C@H](C)CCC[C@H](C)CC(=O)[C@H]1CC(C)=C1C[C@H](OC(C)=O)[C@](C)(O)[C@H]3CC[C@](C)(O)[C@H](CC/C(C)=C/[C@@H]12)O3. The molecule has 0 aromatic rings. The van der Waals surface area contributed by atoms with Gasteiger partial charge in [0.1, 0.15) is 29.1 Å². The molecule has 4 aliphatic rings. The molecule has 0 unspecified atom stereocenters. The Balaban J connectivity index is 2.02. The predicted molar refractivity (Wildman–Crippen MR) is 200 cm³/mol. The van der Waals surface area contributed by atoms with Crippen molar-refractivity contribution in [3.63, 3.8) is 0 Å². The minimum Gasteiger partial charge on any atom is -0.469 e. The van der Waals surface area contributed by atoms with Crippen LogP contribution in [0.2, 0.25) is 0 Å². The summed E-state index contributed by atoms with van der Waals surface area (Å²) in [5.41, 5.74) is -2.12. The molecule has 2 heterocycles. The second-order valence-corrected chi connectivity index (χ2v) is 17.9. The zero-order valence-electron chi connectivity index (χ0n) is 33.9. The van der Waals surface area contributed by atoms with E-state index in [2.05, 4.69) is 0 Å². The number of rotatable bonds is 3. The van der Waals surface area contributed by atoms with Crippen LogP contribution in [0.15, 0.2) is 22.8 Å². The van der Waals surface area contributed by atoms with Crippen LogP contribution in [0.4, 0.5) is 0 Å². The number of aliphatic hydroxyl groups is 2. The normalized spacial score (nSPS) is 40.8. The molecule has 11 atom stereocenters. The molecule has 0 spiro atoms. The van der Waals surface area contributed by atoms with Crippen LogP contribution >= 0.6 is 0 Å². The Kier molecular flexibility index (Phi) is 13.8. The average Bonchev–Trinajstić information content (AvgIpc) is 3.06. The zero-order chi connectivity index (χ0) is 39.6. The molecule has 298 valence electrons. The van der Waals surface area contributed by atoms with Gasteiger partial charge in [0.15, 0.2) is 0 Å². The Morgan fingerprint density at radius 2 is 1.58 bits per heavy atom. The molecule has 1 saturated heterocycles. The lowest BCUT2D eigenvalue weighted by molar-refractivity contribution is -0.239. The van der Waals surface area contributed by atoms with Gasteiger partial charge in [-0.2, -0.15) is 0 Å². The van der Waals surface area contributed by atoms with Crippen LogP contribution in [0.1, 0.15) is 139 Å². The van der Waals surface area contributed by atoms with Crippen LogP contribution in [0, 0.1) is 40.9 Å². The number of Topliss-reactive ketones (excluding diaryl/α,β-unsaturated/α-hetero) is 3. The molecule has 4 rings (SSSR count). The van der Waals surface area contributed by atoms with E-state index < -0.39 is 64.6 Å². The highest BCUT2D eigenvalue weighted by Gasteiger charge is 2.60. The molecule has 0 amide bonds. The van der Waals surface area contributed by atoms with Crippen molar-refractivity contribution in [3.8, 4) is 0 Å². The molecule has 0 radical (unpaired) electrons. The average molecular weight is 743 g/mol. The van der Waals surface area contributed by atoms with Gasteiger partial charge in [0, 0.05) is 56.3 Å². The first-order chi connectivity index (χ1) is 24.6. The lowest BCUT2D eigenvalue weighted by Gasteiger charge is -2.51. The zero-order valence-corrected chi connectivity index (χ0v) is 33.9. The van der Waals surface area contributed by atoms with Gasteiger partial charge in [0.25, 0.3) is 0 Å². The molecule has 2 bridgehead atoms. The Morgan fingerprint density at radius 1 is 0.906 bits per heavy atom. The van der Waals surface area contributed by atoms with Crippen LogP contribution in [0.25, 0.3) is 0 Å². The van der Waals surface area contributed by atoms with Gasteiger partial charge in [-0.1, -0.05) is 63.3 Å². The van der Waals surface area contributed by atoms with Crippen LogP contribution < -0.4 is 0 Å². The number of fused-ring (bicyclic) bond motifs is 5. The minimum atomic E-state index is -1.70. The molecule has 2 N–H and O–H groups in total. The minimum absolute atomic E-state index is 0.00267. The molecule has 10 nitrogen and oxygen atoms in total. The fourth-order valence-electron chi connectivity index (χ4n) is 9.72. The largest absolute Gasteiger partial charge is 0.469 e. The summed E-state index contributed by atoms with van der Waals surface area (Å²) in [4.78, 5) is 70.5. The molecular weight excluding hydrogens is 676 g/mol. The lowest BCUT2D eigenvalue weighted by Crippen LogP contribution is -2.60. The van der Waals surface area contributed by atoms with Gasteiger partial charge in [-0.05, 0) is 78.1 Å². The fourth-order valence-corrected chi connectivity index (χ4v) is 9.72. The first-order valence-corrected chi connectivity index (χ1v) is 19.9. The van der Waals surface area contributed by atoms with Crippen LogP contribution in [-0.2, 0) is 38.2 Å². The van der Waals surface area contributed by atoms with E-state index in [1.165, 1.54) is 14.0 Å². The van der Waals surface area contributed by atoms with Crippen molar-refractivity contribution in [1.29, 1.82) is 0 Å². The number of carbonyl (C=O) groups excluding carboxylic acids is 5. The molecule has 2 fully saturated rings. The Bertz CT molecular complexity index is 1470. The van der Waals surface area contributed by atoms with E-state index in [0.29, 0.717) is 37.7 Å². The number of hydrogen-bond donors (Lipinski definition) is 2. The number of allylic oxidation sites excluding steroid dienone is 3. The molecule has 2 aliphatic carbocycles. The number of carbonyl (C=O) groups is 5. The number of ketones is 3. The molecule has 53 heavy (non-hydrogen) atoms. The first kappa shape index (κ1) is 43.0. The van der Waals surface area contributed by atoms with Gasteiger partial charge in [-0.25, -0.2) is 0 Å². The highest BCUT2D eigenvalue weighted by molar-refractivity contribution is 5.97. The molecule has 0 aromatic carbocycles. The molecule has 0 aromatic heterocycles. The van der Waals surface area contributed by atoms with E-state index in [-0.39, 0.29) is 67.2 Å². The van der Waals surface area contributed by atoms with E-state index >= 15 is 0 Å². The summed E-state index contributed by atoms with van der Waals surface area (Å²) in [5, 5.41) is 23.7. The first-order valence-electron chi connectivity index (χ1n) is 19.9. The maximum Gasteiger partial charge on any atom is 0.313 e. The second kappa shape index (κ2) is 17.0. The topological polar surface area (TPSA) is 154 Å². The third-order valence-corrected chi connectivity index (χ3v) is 13.3. The maximum atomic E-state index is 14.8. The summed E-state index contributed by atoms with van der Waals surface area (Å²) >= 11 is 0. The molecule has 1 saturated carbocycles. The third-order valence-electron chi connectivity index (χ3n) is 13.3. The number of methoxy groups -OCH3 is 1. The van der Waals surface area contributed by atoms with E-state index in [9.17, 15) is 34.2 Å². The van der Waals surface area contributed by atoms with Gasteiger partial charge in [0.05, 0.1) is 30.3 Å². The van der Waals surface area contributed by atoms with Crippen molar-refractivity contribution in [3.05, 3.63) is 22.8 Å². The Labute approximate surface area is 316 Å². The third kappa shape index (κ3) is 9.24. The Morgan fingerprint density at radius 3 is 2.21 bits per heavy atom. The molecular formula is C43H66O10. The van der Waals surface area contributed by atoms with Crippen LogP contribution in [0.5, 0.6) is 0 Å². The quantitative estimate of drug-likeness (QED) is 0.233. The van der Waals surface area contributed by atoms with Crippen molar-refractivity contribution >= 4 is 29.3 Å². The van der Waals surface area contributed by atoms with Crippen molar-refractivity contribution < 1.29 is 48.4 Å². The summed E-state index contributed by atoms with van der Waals surface area (Å²) < 4.78 is 18.0. The standard InChI is InChI=1S/C43H66O10/c1-24(2)30-21-34(45)27(5)13-11-12-25(3)19-35(46)33-20-28(6)31-22-39(52-29(7)44)42(9,50)38-16-17-41(8,49)37(53-38)15-14-26(4)18-32(31)43(33,23-36(30)47)40(48)51-10/h18,24-25,27,30,32-33,37-39,49-50H,11-17,19-23H2,1-10H3/b26-18+/t25-,27+,30-,32-,33+,37-,38+,39-,41-,42+,43-/m0/s1. The maximum absolute atomic E-state index is 14.8. The summed E-state index contributed by atoms with van der Waals surface area (Å²) in [5.74, 6) is -4.42. The van der Waals surface area contributed by atoms with Crippen molar-refractivity contribution in [2.45, 2.75) is 169 Å². The van der Waals surface area contributed by atoms with Crippen molar-refractivity contribution in [2.75, 3.05) is 7.11 Å². The van der Waals surface area contributed by atoms with E-state index in [1.807, 2.05) is 47.6 Å². The number of esters is 2. The van der Waals surface area contributed by atoms with Gasteiger partial charge in [-0.3, -0.25) is 24.0 Å². The monoisotopic (exact) mass is 742 g/mol. The van der Waals surface area contributed by atoms with E-state index in [4.69, 9.17) is 14.2 Å². The predicted octanol–water partition coefficient (Wildman–Crippen LogP) is 6.82. The van der Waals surface area contributed by atoms with Crippen LogP contribution in [-0.4, -0.2) is 76.1 Å². The number of hydrogen-bond acceptors (Lipinski definition) is 10. The summed E-state index contributed by atoms with van der Waals surface area (Å²) in [7, 11) is 1.28. The Hall–Kier alpha value is -2.69. The molecule has 2 aliphatic heterocycles. The van der Waals surface area contributed by atoms with Gasteiger partial charge >= 0.3 is 11.9 Å². The highest BCUT2D eigenvalue weighted by Crippen LogP contribution is 2.56. The van der Waals surface area contributed by atoms with Gasteiger partial charge < -0.3 is 24.4 Å². The molecule has 10 heteroatoms. The van der Waals surface area contributed by atoms with E-state index in [1.54, 1.807) is 13.8 Å². The van der Waals surface area contributed by atoms with Crippen LogP contribution in [0.3, 0.4) is 0 Å². The lowest BCUT2D eigenvalue weighted by atomic mass is 9.53. The van der Waals surface area contributed by atoms with Gasteiger partial charge in [-0.15, -0.1) is 0 Å². The summed E-state index contributed by atoms with van der Waals surface area (Å²) in [6.45, 7) is 16.2. The second-order valence-electron chi connectivity index (χ2n) is 17.9. The smallest absolute Gasteiger partial charge is 0.313 e. The van der Waals surface area contributed by atoms with E-state index in [0.717, 1.165) is 24.0 Å². The summed E-state index contributed by atoms with van der Waals surface area (Å²) in [6.07, 6.45) is 3.43. The van der Waals surface area contributed by atoms with Crippen molar-refractivity contribution in [2.24, 2.45) is 40.9 Å². The summed E-state index contributed by atoms with van der Waals surface area (Å²) in [6, 6.07) is 0. The number of ether oxygens (including phenoxy) is 3.